The minimum absolute atomic E-state index is 0.0363. The van der Waals surface area contributed by atoms with Crippen LogP contribution in [0.15, 0.2) is 76.4 Å². The van der Waals surface area contributed by atoms with Crippen LogP contribution in [0.4, 0.5) is 5.69 Å². The Kier molecular flexibility index (Phi) is 6.04. The van der Waals surface area contributed by atoms with Crippen LogP contribution in [0, 0.1) is 0 Å². The second-order valence-corrected chi connectivity index (χ2v) is 8.36. The van der Waals surface area contributed by atoms with Gasteiger partial charge in [0.1, 0.15) is 16.4 Å². The molecule has 4 aromatic rings. The predicted octanol–water partition coefficient (Wildman–Crippen LogP) is 3.54. The third-order valence-corrected chi connectivity index (χ3v) is 6.04. The monoisotopic (exact) mass is 452 g/mol. The lowest BCUT2D eigenvalue weighted by Gasteiger charge is -2.14. The lowest BCUT2D eigenvalue weighted by molar-refractivity contribution is 0.386. The van der Waals surface area contributed by atoms with Crippen molar-refractivity contribution in [3.8, 4) is 22.9 Å². The Morgan fingerprint density at radius 2 is 1.88 bits per heavy atom. The number of sulfonamides is 1. The van der Waals surface area contributed by atoms with E-state index in [-0.39, 0.29) is 17.1 Å². The summed E-state index contributed by atoms with van der Waals surface area (Å²) in [6.07, 6.45) is 3.53. The Morgan fingerprint density at radius 3 is 2.62 bits per heavy atom. The van der Waals surface area contributed by atoms with Crippen molar-refractivity contribution in [3.63, 3.8) is 0 Å². The van der Waals surface area contributed by atoms with Crippen LogP contribution in [-0.2, 0) is 16.4 Å². The van der Waals surface area contributed by atoms with Gasteiger partial charge in [-0.15, -0.1) is 0 Å². The summed E-state index contributed by atoms with van der Waals surface area (Å²) in [5.41, 5.74) is 1.78. The maximum atomic E-state index is 13.1. The molecule has 0 saturated carbocycles. The molecule has 0 aliphatic heterocycles. The van der Waals surface area contributed by atoms with Crippen molar-refractivity contribution in [2.75, 3.05) is 18.9 Å². The number of aromatic nitrogens is 3. The van der Waals surface area contributed by atoms with Gasteiger partial charge in [-0.1, -0.05) is 23.4 Å². The van der Waals surface area contributed by atoms with Crippen LogP contribution in [0.1, 0.15) is 11.5 Å². The molecule has 2 aromatic heterocycles. The highest BCUT2D eigenvalue weighted by atomic mass is 32.2. The molecule has 9 nitrogen and oxygen atoms in total. The molecule has 10 heteroatoms. The maximum Gasteiger partial charge on any atom is 0.265 e. The lowest BCUT2D eigenvalue weighted by Crippen LogP contribution is -2.15. The van der Waals surface area contributed by atoms with Crippen molar-refractivity contribution in [1.82, 2.24) is 15.1 Å². The number of methoxy groups -OCH3 is 2. The smallest absolute Gasteiger partial charge is 0.265 e. The summed E-state index contributed by atoms with van der Waals surface area (Å²) in [6, 6.07) is 15.2. The first-order chi connectivity index (χ1) is 15.5. The summed E-state index contributed by atoms with van der Waals surface area (Å²) in [7, 11) is -1.10. The number of hydrogen-bond acceptors (Lipinski definition) is 8. The molecule has 2 heterocycles. The molecule has 0 aliphatic carbocycles. The van der Waals surface area contributed by atoms with E-state index in [1.165, 1.54) is 26.4 Å². The highest BCUT2D eigenvalue weighted by molar-refractivity contribution is 7.92. The molecule has 0 fully saturated rings. The molecular formula is C22H20N4O5S. The topological polar surface area (TPSA) is 116 Å². The molecule has 0 amide bonds. The molecule has 0 unspecified atom stereocenters. The van der Waals surface area contributed by atoms with Gasteiger partial charge in [0.2, 0.25) is 11.7 Å². The first kappa shape index (κ1) is 21.3. The molecule has 0 bridgehead atoms. The average molecular weight is 452 g/mol. The summed E-state index contributed by atoms with van der Waals surface area (Å²) in [5.74, 6) is 1.35. The molecule has 32 heavy (non-hydrogen) atoms. The Morgan fingerprint density at radius 1 is 1.03 bits per heavy atom. The van der Waals surface area contributed by atoms with E-state index in [4.69, 9.17) is 14.0 Å². The molecule has 0 spiro atoms. The van der Waals surface area contributed by atoms with Crippen molar-refractivity contribution in [2.45, 2.75) is 11.3 Å². The van der Waals surface area contributed by atoms with Gasteiger partial charge in [0.25, 0.3) is 10.0 Å². The van der Waals surface area contributed by atoms with E-state index in [2.05, 4.69) is 19.8 Å². The van der Waals surface area contributed by atoms with Crippen molar-refractivity contribution >= 4 is 15.7 Å². The normalized spacial score (nSPS) is 11.2. The largest absolute Gasteiger partial charge is 0.497 e. The van der Waals surface area contributed by atoms with E-state index in [0.29, 0.717) is 28.7 Å². The van der Waals surface area contributed by atoms with E-state index in [1.807, 2.05) is 6.07 Å². The average Bonchev–Trinajstić information content (AvgIpc) is 3.29. The van der Waals surface area contributed by atoms with Crippen LogP contribution < -0.4 is 14.2 Å². The third-order valence-electron chi connectivity index (χ3n) is 4.65. The van der Waals surface area contributed by atoms with Gasteiger partial charge in [-0.25, -0.2) is 8.42 Å². The molecule has 2 aromatic carbocycles. The number of benzene rings is 2. The minimum atomic E-state index is -3.97. The third kappa shape index (κ3) is 4.54. The first-order valence-corrected chi connectivity index (χ1v) is 11.0. The van der Waals surface area contributed by atoms with Gasteiger partial charge in [0.05, 0.1) is 26.3 Å². The number of hydrogen-bond donors (Lipinski definition) is 1. The van der Waals surface area contributed by atoms with Crippen molar-refractivity contribution < 1.29 is 22.4 Å². The Labute approximate surface area is 185 Å². The zero-order valence-electron chi connectivity index (χ0n) is 17.3. The van der Waals surface area contributed by atoms with Crippen LogP contribution in [-0.4, -0.2) is 37.8 Å². The molecule has 1 N–H and O–H groups in total. The second-order valence-electron chi connectivity index (χ2n) is 6.71. The van der Waals surface area contributed by atoms with Gasteiger partial charge in [0, 0.05) is 24.0 Å². The lowest BCUT2D eigenvalue weighted by atomic mass is 10.1. The quantitative estimate of drug-likeness (QED) is 0.431. The predicted molar refractivity (Wildman–Crippen MR) is 117 cm³/mol. The number of anilines is 1. The Balaban J connectivity index is 1.62. The molecule has 0 atom stereocenters. The first-order valence-electron chi connectivity index (χ1n) is 9.56. The SMILES string of the molecule is COc1ccc(OC)c(S(=O)(=O)Nc2ccccc2Cc2nc(-c3cccnc3)no2)c1. The van der Waals surface area contributed by atoms with Crippen LogP contribution in [0.3, 0.4) is 0 Å². The van der Waals surface area contributed by atoms with Crippen molar-refractivity contribution in [3.05, 3.63) is 78.4 Å². The highest BCUT2D eigenvalue weighted by Gasteiger charge is 2.22. The number of rotatable bonds is 8. The van der Waals surface area contributed by atoms with Gasteiger partial charge in [-0.3, -0.25) is 9.71 Å². The van der Waals surface area contributed by atoms with Crippen LogP contribution in [0.25, 0.3) is 11.4 Å². The van der Waals surface area contributed by atoms with Crippen LogP contribution in [0.5, 0.6) is 11.5 Å². The highest BCUT2D eigenvalue weighted by Crippen LogP contribution is 2.31. The van der Waals surface area contributed by atoms with Crippen LogP contribution >= 0.6 is 0 Å². The number of nitrogens with one attached hydrogen (secondary N) is 1. The van der Waals surface area contributed by atoms with Gasteiger partial charge in [-0.2, -0.15) is 4.98 Å². The minimum Gasteiger partial charge on any atom is -0.497 e. The molecule has 4 rings (SSSR count). The Bertz CT molecular complexity index is 1320. The summed E-state index contributed by atoms with van der Waals surface area (Å²) in [5, 5.41) is 3.98. The van der Waals surface area contributed by atoms with E-state index in [9.17, 15) is 8.42 Å². The van der Waals surface area contributed by atoms with Crippen molar-refractivity contribution in [2.24, 2.45) is 0 Å². The molecule has 0 aliphatic rings. The fraction of sp³-hybridized carbons (Fsp3) is 0.136. The van der Waals surface area contributed by atoms with Gasteiger partial charge < -0.3 is 14.0 Å². The summed E-state index contributed by atoms with van der Waals surface area (Å²) >= 11 is 0. The van der Waals surface area contributed by atoms with E-state index in [0.717, 1.165) is 5.56 Å². The summed E-state index contributed by atoms with van der Waals surface area (Å²) < 4.78 is 44.6. The van der Waals surface area contributed by atoms with Crippen molar-refractivity contribution in [1.29, 1.82) is 0 Å². The van der Waals surface area contributed by atoms with E-state index in [1.54, 1.807) is 48.8 Å². The zero-order chi connectivity index (χ0) is 22.6. The number of ether oxygens (including phenoxy) is 2. The second kappa shape index (κ2) is 9.06. The molecular weight excluding hydrogens is 432 g/mol. The standard InChI is InChI=1S/C22H20N4O5S/c1-29-17-9-10-19(30-2)20(13-17)32(27,28)26-18-8-4-3-6-15(18)12-21-24-22(25-31-21)16-7-5-11-23-14-16/h3-11,13-14,26H,12H2,1-2H3. The zero-order valence-corrected chi connectivity index (χ0v) is 18.2. The fourth-order valence-corrected chi connectivity index (χ4v) is 4.36. The van der Waals surface area contributed by atoms with Gasteiger partial charge in [0.15, 0.2) is 0 Å². The van der Waals surface area contributed by atoms with Gasteiger partial charge in [-0.05, 0) is 35.9 Å². The summed E-state index contributed by atoms with van der Waals surface area (Å²) in [6.45, 7) is 0. The molecule has 164 valence electrons. The Hall–Kier alpha value is -3.92. The summed E-state index contributed by atoms with van der Waals surface area (Å²) in [4.78, 5) is 8.40. The molecule has 0 radical (unpaired) electrons. The molecule has 0 saturated heterocycles. The van der Waals surface area contributed by atoms with E-state index >= 15 is 0 Å². The number of pyridine rings is 1. The van der Waals surface area contributed by atoms with Gasteiger partial charge >= 0.3 is 0 Å². The maximum absolute atomic E-state index is 13.1. The number of para-hydroxylation sites is 1. The fourth-order valence-electron chi connectivity index (χ4n) is 3.07. The van der Waals surface area contributed by atoms with Crippen LogP contribution in [0.2, 0.25) is 0 Å². The number of nitrogens with zero attached hydrogens (tertiary/aromatic N) is 3. The van der Waals surface area contributed by atoms with E-state index < -0.39 is 10.0 Å².